The quantitative estimate of drug-likeness (QED) is 0.626. The number of thiophene rings is 1. The van der Waals surface area contributed by atoms with Gasteiger partial charge in [0.05, 0.1) is 4.21 Å². The summed E-state index contributed by atoms with van der Waals surface area (Å²) in [5.41, 5.74) is 0. The summed E-state index contributed by atoms with van der Waals surface area (Å²) in [6, 6.07) is 4.21. The molecule has 0 saturated carbocycles. The van der Waals surface area contributed by atoms with Gasteiger partial charge in [-0.15, -0.1) is 24.0 Å². The first-order valence-corrected chi connectivity index (χ1v) is 4.54. The minimum Gasteiger partial charge on any atom is -0.507 e. The van der Waals surface area contributed by atoms with Gasteiger partial charge in [-0.3, -0.25) is 0 Å². The predicted octanol–water partition coefficient (Wildman–Crippen LogP) is 3.03. The Morgan fingerprint density at radius 3 is 2.83 bits per heavy atom. The first kappa shape index (κ1) is 7.89. The highest BCUT2D eigenvalue weighted by atomic mass is 32.2. The highest BCUT2D eigenvalue weighted by molar-refractivity contribution is 7.83. The van der Waals surface area contributed by atoms with Crippen molar-refractivity contribution in [3.63, 3.8) is 0 Å². The zero-order valence-corrected chi connectivity index (χ0v) is 7.62. The molecule has 0 unspecified atom stereocenters. The lowest BCUT2D eigenvalue weighted by Gasteiger charge is -1.93. The molecule has 0 saturated heterocycles. The van der Waals surface area contributed by atoms with Gasteiger partial charge in [0.15, 0.2) is 0 Å². The standard InChI is InChI=1S/C8H5FOS2/c9-4-1-6(10)5-3-8(11)12-7(5)2-4/h1-3,10-11H. The van der Waals surface area contributed by atoms with Crippen LogP contribution in [0.25, 0.3) is 10.1 Å². The van der Waals surface area contributed by atoms with Crippen LogP contribution < -0.4 is 0 Å². The molecular formula is C8H5FOS2. The largest absolute Gasteiger partial charge is 0.507 e. The van der Waals surface area contributed by atoms with Gasteiger partial charge in [-0.1, -0.05) is 0 Å². The Labute approximate surface area is 77.9 Å². The highest BCUT2D eigenvalue weighted by Gasteiger charge is 2.05. The van der Waals surface area contributed by atoms with Crippen molar-refractivity contribution in [3.8, 4) is 5.75 Å². The van der Waals surface area contributed by atoms with E-state index in [-0.39, 0.29) is 5.75 Å². The van der Waals surface area contributed by atoms with Crippen molar-refractivity contribution in [3.05, 3.63) is 24.0 Å². The summed E-state index contributed by atoms with van der Waals surface area (Å²) in [4.78, 5) is 0. The van der Waals surface area contributed by atoms with Crippen LogP contribution in [0.15, 0.2) is 22.4 Å². The molecular weight excluding hydrogens is 195 g/mol. The summed E-state index contributed by atoms with van der Waals surface area (Å²) in [6.07, 6.45) is 0. The second-order valence-electron chi connectivity index (χ2n) is 2.42. The Balaban J connectivity index is 2.88. The molecule has 2 aromatic rings. The van der Waals surface area contributed by atoms with Crippen molar-refractivity contribution in [2.45, 2.75) is 4.21 Å². The Morgan fingerprint density at radius 2 is 2.08 bits per heavy atom. The van der Waals surface area contributed by atoms with E-state index in [1.165, 1.54) is 17.4 Å². The first-order chi connectivity index (χ1) is 5.66. The molecule has 62 valence electrons. The molecule has 0 radical (unpaired) electrons. The fourth-order valence-corrected chi connectivity index (χ4v) is 2.35. The maximum absolute atomic E-state index is 12.7. The molecule has 0 spiro atoms. The van der Waals surface area contributed by atoms with Gasteiger partial charge in [-0.2, -0.15) is 0 Å². The fourth-order valence-electron chi connectivity index (χ4n) is 1.07. The summed E-state index contributed by atoms with van der Waals surface area (Å²) >= 11 is 5.45. The lowest BCUT2D eigenvalue weighted by Crippen LogP contribution is -1.71. The van der Waals surface area contributed by atoms with Gasteiger partial charge < -0.3 is 5.11 Å². The predicted molar refractivity (Wildman–Crippen MR) is 50.7 cm³/mol. The maximum Gasteiger partial charge on any atom is 0.128 e. The van der Waals surface area contributed by atoms with Crippen LogP contribution in [-0.2, 0) is 0 Å². The minimum absolute atomic E-state index is 0.0263. The van der Waals surface area contributed by atoms with Crippen LogP contribution in [0.2, 0.25) is 0 Å². The maximum atomic E-state index is 12.7. The lowest BCUT2D eigenvalue weighted by molar-refractivity contribution is 0.476. The van der Waals surface area contributed by atoms with Crippen molar-refractivity contribution in [2.24, 2.45) is 0 Å². The summed E-state index contributed by atoms with van der Waals surface area (Å²) < 4.78 is 14.2. The second-order valence-corrected chi connectivity index (χ2v) is 4.29. The van der Waals surface area contributed by atoms with Crippen LogP contribution in [-0.4, -0.2) is 5.11 Å². The number of thiol groups is 1. The molecule has 12 heavy (non-hydrogen) atoms. The van der Waals surface area contributed by atoms with E-state index in [1.807, 2.05) is 0 Å². The van der Waals surface area contributed by atoms with Crippen molar-refractivity contribution in [1.82, 2.24) is 0 Å². The van der Waals surface area contributed by atoms with Crippen molar-refractivity contribution < 1.29 is 9.50 Å². The summed E-state index contributed by atoms with van der Waals surface area (Å²) in [5.74, 6) is -0.447. The fraction of sp³-hybridized carbons (Fsp3) is 0. The number of fused-ring (bicyclic) bond motifs is 1. The summed E-state index contributed by atoms with van der Waals surface area (Å²) in [5, 5.41) is 9.96. The topological polar surface area (TPSA) is 20.2 Å². The summed E-state index contributed by atoms with van der Waals surface area (Å²) in [7, 11) is 0. The highest BCUT2D eigenvalue weighted by Crippen LogP contribution is 2.34. The van der Waals surface area contributed by atoms with Crippen LogP contribution in [0.3, 0.4) is 0 Å². The molecule has 1 N–H and O–H groups in total. The van der Waals surface area contributed by atoms with E-state index in [1.54, 1.807) is 6.07 Å². The molecule has 0 aliphatic heterocycles. The third kappa shape index (κ3) is 1.17. The third-order valence-corrected chi connectivity index (χ3v) is 2.85. The Kier molecular flexibility index (Phi) is 1.73. The molecule has 0 bridgehead atoms. The molecule has 0 aliphatic rings. The van der Waals surface area contributed by atoms with Gasteiger partial charge in [-0.25, -0.2) is 4.39 Å². The monoisotopic (exact) mass is 200 g/mol. The van der Waals surface area contributed by atoms with Gasteiger partial charge in [0, 0.05) is 16.2 Å². The van der Waals surface area contributed by atoms with E-state index in [0.29, 0.717) is 5.39 Å². The number of aromatic hydroxyl groups is 1. The number of hydrogen-bond acceptors (Lipinski definition) is 3. The number of halogens is 1. The van der Waals surface area contributed by atoms with Gasteiger partial charge in [0.25, 0.3) is 0 Å². The van der Waals surface area contributed by atoms with E-state index in [0.717, 1.165) is 15.0 Å². The molecule has 1 nitrogen and oxygen atoms in total. The minimum atomic E-state index is -0.421. The number of phenolic OH excluding ortho intramolecular Hbond substituents is 1. The molecule has 2 rings (SSSR count). The van der Waals surface area contributed by atoms with E-state index < -0.39 is 5.82 Å². The van der Waals surface area contributed by atoms with Gasteiger partial charge in [-0.05, 0) is 12.1 Å². The van der Waals surface area contributed by atoms with E-state index in [2.05, 4.69) is 12.6 Å². The number of phenols is 1. The molecule has 4 heteroatoms. The number of rotatable bonds is 0. The molecule has 1 aromatic heterocycles. The number of benzene rings is 1. The average molecular weight is 200 g/mol. The van der Waals surface area contributed by atoms with Crippen LogP contribution in [0.5, 0.6) is 5.75 Å². The van der Waals surface area contributed by atoms with Gasteiger partial charge >= 0.3 is 0 Å². The van der Waals surface area contributed by atoms with E-state index in [4.69, 9.17) is 0 Å². The molecule has 0 aliphatic carbocycles. The lowest BCUT2D eigenvalue weighted by atomic mass is 10.2. The van der Waals surface area contributed by atoms with Crippen molar-refractivity contribution in [2.75, 3.05) is 0 Å². The Hall–Kier alpha value is -0.740. The first-order valence-electron chi connectivity index (χ1n) is 3.28. The Bertz CT molecular complexity index is 436. The van der Waals surface area contributed by atoms with Crippen LogP contribution in [0.4, 0.5) is 4.39 Å². The smallest absolute Gasteiger partial charge is 0.128 e. The third-order valence-electron chi connectivity index (χ3n) is 1.57. The number of hydrogen-bond donors (Lipinski definition) is 2. The Morgan fingerprint density at radius 1 is 1.33 bits per heavy atom. The van der Waals surface area contributed by atoms with Crippen molar-refractivity contribution in [1.29, 1.82) is 0 Å². The van der Waals surface area contributed by atoms with Crippen molar-refractivity contribution >= 4 is 34.1 Å². The summed E-state index contributed by atoms with van der Waals surface area (Å²) in [6.45, 7) is 0. The average Bonchev–Trinajstić information content (AvgIpc) is 2.29. The molecule has 0 fully saturated rings. The van der Waals surface area contributed by atoms with E-state index in [9.17, 15) is 9.50 Å². The zero-order chi connectivity index (χ0) is 8.72. The molecule has 0 amide bonds. The molecule has 1 heterocycles. The zero-order valence-electron chi connectivity index (χ0n) is 5.91. The van der Waals surface area contributed by atoms with Gasteiger partial charge in [0.1, 0.15) is 11.6 Å². The molecule has 1 aromatic carbocycles. The van der Waals surface area contributed by atoms with Crippen LogP contribution in [0.1, 0.15) is 0 Å². The normalized spacial score (nSPS) is 10.8. The van der Waals surface area contributed by atoms with E-state index >= 15 is 0 Å². The second kappa shape index (κ2) is 2.64. The SMILES string of the molecule is Oc1cc(F)cc2sc(S)cc12. The van der Waals surface area contributed by atoms with Crippen LogP contribution >= 0.6 is 24.0 Å². The van der Waals surface area contributed by atoms with Gasteiger partial charge in [0.2, 0.25) is 0 Å². The molecule has 0 atom stereocenters. The van der Waals surface area contributed by atoms with Crippen LogP contribution in [0, 0.1) is 5.82 Å².